The monoisotopic (exact) mass is 445 g/mol. The van der Waals surface area contributed by atoms with Gasteiger partial charge in [0.2, 0.25) is 0 Å². The van der Waals surface area contributed by atoms with Crippen molar-refractivity contribution in [1.29, 1.82) is 0 Å². The lowest BCUT2D eigenvalue weighted by molar-refractivity contribution is 0.266. The second kappa shape index (κ2) is 30.1. The molecule has 0 aliphatic rings. The highest BCUT2D eigenvalue weighted by molar-refractivity contribution is 7.45. The minimum atomic E-state index is -4.64. The molecule has 0 aromatic heterocycles. The maximum Gasteiger partial charge on any atom is 0.466 e. The van der Waals surface area contributed by atoms with E-state index in [1.54, 1.807) is 0 Å². The van der Waals surface area contributed by atoms with E-state index in [1.807, 2.05) is 0 Å². The van der Waals surface area contributed by atoms with Gasteiger partial charge in [-0.1, -0.05) is 90.4 Å². The molecule has 8 nitrogen and oxygen atoms in total. The van der Waals surface area contributed by atoms with Crippen molar-refractivity contribution in [1.82, 2.24) is 5.32 Å². The number of unbranched alkanes of at least 4 members (excludes halogenated alkanes) is 13. The van der Waals surface area contributed by atoms with Gasteiger partial charge >= 0.3 is 7.82 Å². The second-order valence-electron chi connectivity index (χ2n) is 7.03. The van der Waals surface area contributed by atoms with Crippen molar-refractivity contribution in [3.63, 3.8) is 0 Å². The zero-order valence-electron chi connectivity index (χ0n) is 18.5. The van der Waals surface area contributed by atoms with Crippen LogP contribution >= 0.6 is 7.82 Å². The maximum atomic E-state index is 8.88. The summed E-state index contributed by atoms with van der Waals surface area (Å²) in [4.78, 5) is 21.6. The summed E-state index contributed by atoms with van der Waals surface area (Å²) in [5.41, 5.74) is 0. The number of aliphatic hydroxyl groups is 3. The van der Waals surface area contributed by atoms with Gasteiger partial charge in [-0.3, -0.25) is 0 Å². The van der Waals surface area contributed by atoms with Gasteiger partial charge in [-0.05, 0) is 6.42 Å². The Balaban J connectivity index is -0.000000461. The summed E-state index contributed by atoms with van der Waals surface area (Å²) < 4.78 is 8.88. The average Bonchev–Trinajstić information content (AvgIpc) is 2.65. The van der Waals surface area contributed by atoms with E-state index in [-0.39, 0.29) is 13.2 Å². The fourth-order valence-electron chi connectivity index (χ4n) is 2.59. The molecule has 7 N–H and O–H groups in total. The minimum Gasteiger partial charge on any atom is -0.396 e. The lowest BCUT2D eigenvalue weighted by atomic mass is 10.0. The van der Waals surface area contributed by atoms with Crippen LogP contribution in [0.4, 0.5) is 0 Å². The van der Waals surface area contributed by atoms with Crippen LogP contribution in [-0.4, -0.2) is 62.9 Å². The number of phosphoric acid groups is 1. The fraction of sp³-hybridized carbons (Fsp3) is 1.00. The summed E-state index contributed by atoms with van der Waals surface area (Å²) in [5.74, 6) is 0. The van der Waals surface area contributed by atoms with E-state index in [0.29, 0.717) is 19.7 Å². The van der Waals surface area contributed by atoms with Gasteiger partial charge in [0.05, 0.1) is 13.2 Å². The van der Waals surface area contributed by atoms with E-state index in [9.17, 15) is 0 Å². The Morgan fingerprint density at radius 1 is 0.552 bits per heavy atom. The van der Waals surface area contributed by atoms with Crippen LogP contribution < -0.4 is 5.32 Å². The van der Waals surface area contributed by atoms with E-state index in [4.69, 9.17) is 34.6 Å². The molecule has 0 aromatic rings. The minimum absolute atomic E-state index is 0.139. The van der Waals surface area contributed by atoms with Gasteiger partial charge in [0.1, 0.15) is 0 Å². The molecular weight excluding hydrogens is 397 g/mol. The van der Waals surface area contributed by atoms with Crippen LogP contribution in [0.2, 0.25) is 0 Å². The maximum absolute atomic E-state index is 8.88. The Hall–Kier alpha value is -0.0500. The van der Waals surface area contributed by atoms with Crippen LogP contribution in [0.1, 0.15) is 96.8 Å². The lowest BCUT2D eigenvalue weighted by Gasteiger charge is -2.02. The largest absolute Gasteiger partial charge is 0.466 e. The van der Waals surface area contributed by atoms with Crippen molar-refractivity contribution in [2.24, 2.45) is 0 Å². The summed E-state index contributed by atoms with van der Waals surface area (Å²) in [7, 11) is -4.64. The molecule has 0 atom stereocenters. The first-order valence-electron chi connectivity index (χ1n) is 11.1. The fourth-order valence-corrected chi connectivity index (χ4v) is 2.59. The average molecular weight is 446 g/mol. The summed E-state index contributed by atoms with van der Waals surface area (Å²) >= 11 is 0. The van der Waals surface area contributed by atoms with Crippen LogP contribution in [0.5, 0.6) is 0 Å². The standard InChI is InChI=1S/C16H34O.C4H11NO2.H3O4P/c1-2-3-4-5-6-7-8-9-10-11-12-13-14-15-16-17;6-3-1-5-2-4-7;1-5(2,3)4/h17H,2-16H2,1H3;5-7H,1-4H2;(H3,1,2,3,4). The molecule has 0 saturated heterocycles. The van der Waals surface area contributed by atoms with Gasteiger partial charge in [-0.25, -0.2) is 4.57 Å². The molecule has 0 fully saturated rings. The number of aliphatic hydroxyl groups excluding tert-OH is 3. The van der Waals surface area contributed by atoms with Crippen LogP contribution in [0.25, 0.3) is 0 Å². The third kappa shape index (κ3) is 58.4. The number of hydrogen-bond donors (Lipinski definition) is 7. The molecule has 0 bridgehead atoms. The van der Waals surface area contributed by atoms with Crippen molar-refractivity contribution in [2.75, 3.05) is 32.9 Å². The van der Waals surface area contributed by atoms with E-state index >= 15 is 0 Å². The highest BCUT2D eigenvalue weighted by Gasteiger charge is 2.00. The van der Waals surface area contributed by atoms with Crippen molar-refractivity contribution < 1.29 is 34.6 Å². The summed E-state index contributed by atoms with van der Waals surface area (Å²) in [6.45, 7) is 4.07. The predicted molar refractivity (Wildman–Crippen MR) is 119 cm³/mol. The summed E-state index contributed by atoms with van der Waals surface area (Å²) in [6, 6.07) is 0. The molecule has 0 radical (unpaired) electrons. The van der Waals surface area contributed by atoms with Gasteiger partial charge in [-0.15, -0.1) is 0 Å². The summed E-state index contributed by atoms with van der Waals surface area (Å²) in [6.07, 6.45) is 19.2. The van der Waals surface area contributed by atoms with Crippen LogP contribution in [0.3, 0.4) is 0 Å². The van der Waals surface area contributed by atoms with E-state index in [2.05, 4.69) is 12.2 Å². The van der Waals surface area contributed by atoms with Crippen molar-refractivity contribution >= 4 is 7.82 Å². The Labute approximate surface area is 178 Å². The molecule has 0 aliphatic carbocycles. The molecule has 0 spiro atoms. The first kappa shape index (κ1) is 33.6. The van der Waals surface area contributed by atoms with Gasteiger partial charge in [0, 0.05) is 19.7 Å². The molecule has 0 rings (SSSR count). The quantitative estimate of drug-likeness (QED) is 0.126. The topological polar surface area (TPSA) is 150 Å². The van der Waals surface area contributed by atoms with Gasteiger partial charge < -0.3 is 35.3 Å². The second-order valence-corrected chi connectivity index (χ2v) is 8.06. The molecule has 0 aromatic carbocycles. The first-order chi connectivity index (χ1) is 13.8. The van der Waals surface area contributed by atoms with E-state index in [0.717, 1.165) is 6.42 Å². The molecule has 0 amide bonds. The lowest BCUT2D eigenvalue weighted by Crippen LogP contribution is -2.21. The predicted octanol–water partition coefficient (Wildman–Crippen LogP) is 3.09. The Kier molecular flexibility index (Phi) is 34.9. The van der Waals surface area contributed by atoms with Crippen molar-refractivity contribution in [3.8, 4) is 0 Å². The smallest absolute Gasteiger partial charge is 0.396 e. The van der Waals surface area contributed by atoms with E-state index in [1.165, 1.54) is 83.5 Å². The molecule has 9 heteroatoms. The third-order valence-corrected chi connectivity index (χ3v) is 4.09. The Morgan fingerprint density at radius 3 is 1.07 bits per heavy atom. The number of hydrogen-bond acceptors (Lipinski definition) is 5. The zero-order chi connectivity index (χ0) is 22.6. The molecule has 0 saturated carbocycles. The first-order valence-corrected chi connectivity index (χ1v) is 12.7. The number of nitrogens with one attached hydrogen (secondary N) is 1. The van der Waals surface area contributed by atoms with Crippen LogP contribution in [0.15, 0.2) is 0 Å². The molecule has 180 valence electrons. The van der Waals surface area contributed by atoms with Gasteiger partial charge in [-0.2, -0.15) is 0 Å². The normalized spacial score (nSPS) is 10.7. The zero-order valence-corrected chi connectivity index (χ0v) is 19.4. The highest BCUT2D eigenvalue weighted by atomic mass is 31.2. The van der Waals surface area contributed by atoms with Crippen molar-refractivity contribution in [3.05, 3.63) is 0 Å². The SMILES string of the molecule is CCCCCCCCCCCCCCCCO.O=P(O)(O)O.OCCNCCO. The molecular formula is C20H48NO7P. The molecule has 0 unspecified atom stereocenters. The summed E-state index contributed by atoms with van der Waals surface area (Å²) in [5, 5.41) is 27.7. The molecule has 29 heavy (non-hydrogen) atoms. The third-order valence-electron chi connectivity index (χ3n) is 4.09. The van der Waals surface area contributed by atoms with Gasteiger partial charge in [0.25, 0.3) is 0 Å². The molecule has 0 heterocycles. The Morgan fingerprint density at radius 2 is 0.828 bits per heavy atom. The number of rotatable bonds is 18. The van der Waals surface area contributed by atoms with Crippen LogP contribution in [0, 0.1) is 0 Å². The van der Waals surface area contributed by atoms with Crippen LogP contribution in [-0.2, 0) is 4.57 Å². The molecule has 0 aliphatic heterocycles. The Bertz CT molecular complexity index is 291. The highest BCUT2D eigenvalue weighted by Crippen LogP contribution is 2.25. The van der Waals surface area contributed by atoms with E-state index < -0.39 is 7.82 Å². The van der Waals surface area contributed by atoms with Gasteiger partial charge in [0.15, 0.2) is 0 Å². The van der Waals surface area contributed by atoms with Crippen molar-refractivity contribution in [2.45, 2.75) is 96.8 Å².